The largest absolute Gasteiger partial charge is 0.482 e. The van der Waals surface area contributed by atoms with Crippen LogP contribution in [0.5, 0.6) is 5.75 Å². The summed E-state index contributed by atoms with van der Waals surface area (Å²) in [5.41, 5.74) is 2.10. The van der Waals surface area contributed by atoms with Crippen LogP contribution in [0.3, 0.4) is 0 Å². The Morgan fingerprint density at radius 2 is 1.84 bits per heavy atom. The number of hydrogen-bond donors (Lipinski definition) is 1. The lowest BCUT2D eigenvalue weighted by Gasteiger charge is -2.35. The van der Waals surface area contributed by atoms with Crippen molar-refractivity contribution >= 4 is 29.1 Å². The Morgan fingerprint density at radius 1 is 1.13 bits per heavy atom. The van der Waals surface area contributed by atoms with Gasteiger partial charge in [0, 0.05) is 18.8 Å². The third-order valence-electron chi connectivity index (χ3n) is 6.02. The summed E-state index contributed by atoms with van der Waals surface area (Å²) in [6.45, 7) is 5.04. The molecule has 0 unspecified atom stereocenters. The van der Waals surface area contributed by atoms with Gasteiger partial charge < -0.3 is 15.0 Å². The summed E-state index contributed by atoms with van der Waals surface area (Å²) >= 11 is 6.37. The lowest BCUT2D eigenvalue weighted by Crippen LogP contribution is -2.49. The topological polar surface area (TPSA) is 61.9 Å². The molecule has 0 aromatic heterocycles. The predicted molar refractivity (Wildman–Crippen MR) is 124 cm³/mol. The zero-order chi connectivity index (χ0) is 22.6. The minimum atomic E-state index is -0.728. The average molecular weight is 444 g/mol. The molecule has 0 saturated carbocycles. The van der Waals surface area contributed by atoms with E-state index in [1.165, 1.54) is 5.56 Å². The zero-order valence-electron chi connectivity index (χ0n) is 18.6. The number of carbonyl (C=O) groups excluding carboxylic acids is 2. The molecule has 1 aliphatic carbocycles. The standard InChI is InChI=1S/C24H30ClN3O3/c1-5-28(6-2)22(29)16-31-21-12-11-18(15-20(21)25)26-23(30)24(27(3)4)14-13-17-9-7-8-10-19(17)24/h7-12,15H,5-6,13-14,16H2,1-4H3,(H,26,30)/t24-/m0/s1. The van der Waals surface area contributed by atoms with Crippen molar-refractivity contribution in [3.8, 4) is 5.75 Å². The van der Waals surface area contributed by atoms with Crippen molar-refractivity contribution in [3.63, 3.8) is 0 Å². The number of ether oxygens (including phenoxy) is 1. The van der Waals surface area contributed by atoms with E-state index in [-0.39, 0.29) is 18.4 Å². The zero-order valence-corrected chi connectivity index (χ0v) is 19.3. The highest BCUT2D eigenvalue weighted by Gasteiger charge is 2.47. The molecule has 0 radical (unpaired) electrons. The van der Waals surface area contributed by atoms with Gasteiger partial charge in [-0.1, -0.05) is 35.9 Å². The number of carbonyl (C=O) groups is 2. The first kappa shape index (κ1) is 23.1. The Balaban J connectivity index is 1.74. The monoisotopic (exact) mass is 443 g/mol. The van der Waals surface area contributed by atoms with Gasteiger partial charge in [-0.2, -0.15) is 0 Å². The van der Waals surface area contributed by atoms with Crippen LogP contribution in [0.4, 0.5) is 5.69 Å². The van der Waals surface area contributed by atoms with Crippen LogP contribution in [0.15, 0.2) is 42.5 Å². The quantitative estimate of drug-likeness (QED) is 0.671. The molecule has 0 heterocycles. The van der Waals surface area contributed by atoms with E-state index in [2.05, 4.69) is 11.4 Å². The molecule has 1 N–H and O–H groups in total. The van der Waals surface area contributed by atoms with Crippen molar-refractivity contribution in [2.45, 2.75) is 32.2 Å². The molecule has 7 heteroatoms. The molecule has 6 nitrogen and oxygen atoms in total. The van der Waals surface area contributed by atoms with Gasteiger partial charge in [0.05, 0.1) is 5.02 Å². The predicted octanol–water partition coefficient (Wildman–Crippen LogP) is 3.93. The first-order valence-electron chi connectivity index (χ1n) is 10.6. The van der Waals surface area contributed by atoms with Gasteiger partial charge in [0.1, 0.15) is 11.3 Å². The Labute approximate surface area is 189 Å². The van der Waals surface area contributed by atoms with Crippen LogP contribution in [-0.2, 0) is 21.5 Å². The van der Waals surface area contributed by atoms with Gasteiger partial charge in [-0.25, -0.2) is 0 Å². The van der Waals surface area contributed by atoms with Gasteiger partial charge in [-0.3, -0.25) is 14.5 Å². The summed E-state index contributed by atoms with van der Waals surface area (Å²) in [5.74, 6) is 0.226. The summed E-state index contributed by atoms with van der Waals surface area (Å²) in [4.78, 5) is 29.2. The molecule has 31 heavy (non-hydrogen) atoms. The number of fused-ring (bicyclic) bond motifs is 1. The molecular weight excluding hydrogens is 414 g/mol. The second kappa shape index (κ2) is 9.71. The maximum absolute atomic E-state index is 13.4. The second-order valence-corrected chi connectivity index (χ2v) is 8.27. The Bertz CT molecular complexity index is 959. The van der Waals surface area contributed by atoms with Crippen molar-refractivity contribution in [1.29, 1.82) is 0 Å². The van der Waals surface area contributed by atoms with Gasteiger partial charge >= 0.3 is 0 Å². The molecule has 1 aliphatic rings. The van der Waals surface area contributed by atoms with Gasteiger partial charge in [0.25, 0.3) is 5.91 Å². The van der Waals surface area contributed by atoms with Crippen LogP contribution in [0, 0.1) is 0 Å². The highest BCUT2D eigenvalue weighted by Crippen LogP contribution is 2.41. The molecule has 0 saturated heterocycles. The smallest absolute Gasteiger partial charge is 0.260 e. The fourth-order valence-corrected chi connectivity index (χ4v) is 4.47. The number of hydrogen-bond acceptors (Lipinski definition) is 4. The minimum absolute atomic E-state index is 0.0758. The van der Waals surface area contributed by atoms with E-state index in [0.717, 1.165) is 12.0 Å². The van der Waals surface area contributed by atoms with E-state index < -0.39 is 5.54 Å². The molecule has 2 amide bonds. The van der Waals surface area contributed by atoms with Crippen LogP contribution in [-0.4, -0.2) is 55.4 Å². The lowest BCUT2D eigenvalue weighted by atomic mass is 9.89. The van der Waals surface area contributed by atoms with E-state index in [9.17, 15) is 9.59 Å². The molecule has 0 aliphatic heterocycles. The second-order valence-electron chi connectivity index (χ2n) is 7.87. The Hall–Kier alpha value is -2.57. The van der Waals surface area contributed by atoms with Gasteiger partial charge in [-0.15, -0.1) is 0 Å². The molecular formula is C24H30ClN3O3. The number of likely N-dealkylation sites (N-methyl/N-ethyl adjacent to an activating group) is 2. The summed E-state index contributed by atoms with van der Waals surface area (Å²) in [5, 5.41) is 3.36. The molecule has 0 fully saturated rings. The molecule has 1 atom stereocenters. The van der Waals surface area contributed by atoms with Crippen LogP contribution in [0.25, 0.3) is 0 Å². The lowest BCUT2D eigenvalue weighted by molar-refractivity contribution is -0.133. The van der Waals surface area contributed by atoms with Crippen molar-refractivity contribution in [1.82, 2.24) is 9.80 Å². The molecule has 2 aromatic carbocycles. The number of halogens is 1. The third-order valence-corrected chi connectivity index (χ3v) is 6.31. The van der Waals surface area contributed by atoms with Crippen molar-refractivity contribution < 1.29 is 14.3 Å². The summed E-state index contributed by atoms with van der Waals surface area (Å²) < 4.78 is 5.60. The highest BCUT2D eigenvalue weighted by atomic mass is 35.5. The average Bonchev–Trinajstić information content (AvgIpc) is 3.15. The number of anilines is 1. The number of aryl methyl sites for hydroxylation is 1. The fraction of sp³-hybridized carbons (Fsp3) is 0.417. The number of nitrogens with zero attached hydrogens (tertiary/aromatic N) is 2. The highest BCUT2D eigenvalue weighted by molar-refractivity contribution is 6.32. The molecule has 3 rings (SSSR count). The van der Waals surface area contributed by atoms with Gasteiger partial charge in [0.15, 0.2) is 6.61 Å². The van der Waals surface area contributed by atoms with E-state index in [1.54, 1.807) is 23.1 Å². The minimum Gasteiger partial charge on any atom is -0.482 e. The SMILES string of the molecule is CCN(CC)C(=O)COc1ccc(NC(=O)[C@]2(N(C)C)CCc3ccccc32)cc1Cl. The van der Waals surface area contributed by atoms with E-state index >= 15 is 0 Å². The number of benzene rings is 2. The van der Waals surface area contributed by atoms with Gasteiger partial charge in [0.2, 0.25) is 5.91 Å². The maximum atomic E-state index is 13.4. The molecule has 166 valence electrons. The molecule has 0 bridgehead atoms. The van der Waals surface area contributed by atoms with E-state index in [1.807, 2.05) is 51.0 Å². The number of nitrogens with one attached hydrogen (secondary N) is 1. The van der Waals surface area contributed by atoms with Crippen LogP contribution < -0.4 is 10.1 Å². The van der Waals surface area contributed by atoms with Crippen LogP contribution in [0.2, 0.25) is 5.02 Å². The first-order chi connectivity index (χ1) is 14.8. The maximum Gasteiger partial charge on any atom is 0.260 e. The van der Waals surface area contributed by atoms with Crippen molar-refractivity contribution in [2.75, 3.05) is 39.1 Å². The fourth-order valence-electron chi connectivity index (χ4n) is 4.23. The van der Waals surface area contributed by atoms with Crippen LogP contribution >= 0.6 is 11.6 Å². The first-order valence-corrected chi connectivity index (χ1v) is 11.0. The summed E-state index contributed by atoms with van der Waals surface area (Å²) in [6, 6.07) is 13.2. The summed E-state index contributed by atoms with van der Waals surface area (Å²) in [7, 11) is 3.86. The van der Waals surface area contributed by atoms with E-state index in [0.29, 0.717) is 36.0 Å². The third kappa shape index (κ3) is 4.55. The molecule has 2 aromatic rings. The summed E-state index contributed by atoms with van der Waals surface area (Å²) in [6.07, 6.45) is 1.57. The Morgan fingerprint density at radius 3 is 2.48 bits per heavy atom. The number of rotatable bonds is 8. The van der Waals surface area contributed by atoms with Crippen molar-refractivity contribution in [3.05, 3.63) is 58.6 Å². The van der Waals surface area contributed by atoms with Crippen LogP contribution in [0.1, 0.15) is 31.4 Å². The Kier molecular flexibility index (Phi) is 7.23. The van der Waals surface area contributed by atoms with Crippen molar-refractivity contribution in [2.24, 2.45) is 0 Å². The normalized spacial score (nSPS) is 17.4. The van der Waals surface area contributed by atoms with Gasteiger partial charge in [-0.05, 0) is 70.1 Å². The molecule has 0 spiro atoms. The van der Waals surface area contributed by atoms with E-state index in [4.69, 9.17) is 16.3 Å². The number of amides is 2.